The number of hydrogen-bond donors (Lipinski definition) is 0. The Labute approximate surface area is 75.5 Å². The van der Waals surface area contributed by atoms with Crippen LogP contribution in [-0.2, 0) is 0 Å². The topological polar surface area (TPSA) is 0 Å². The highest BCUT2D eigenvalue weighted by Crippen LogP contribution is 2.37. The van der Waals surface area contributed by atoms with Gasteiger partial charge in [0.25, 0.3) is 0 Å². The lowest BCUT2D eigenvalue weighted by atomic mass is 9.74. The zero-order valence-electron chi connectivity index (χ0n) is 17.5. The zero-order valence-corrected chi connectivity index (χ0v) is 5.50. The van der Waals surface area contributed by atoms with E-state index < -0.39 is 43.7 Å². The predicted octanol–water partition coefficient (Wildman–Crippen LogP) is 3.22. The molecule has 0 bridgehead atoms. The fourth-order valence-corrected chi connectivity index (χ4v) is 0.500. The summed E-state index contributed by atoms with van der Waals surface area (Å²) in [5.41, 5.74) is -2.97. The molecular formula is C9H18. The highest BCUT2D eigenvalue weighted by atomic mass is 14.3. The van der Waals surface area contributed by atoms with E-state index in [0.29, 0.717) is 6.92 Å². The Morgan fingerprint density at radius 1 is 1.67 bits per heavy atom. The zero-order chi connectivity index (χ0) is 17.5. The maximum absolute atomic E-state index is 7.93. The quantitative estimate of drug-likeness (QED) is 0.482. The van der Waals surface area contributed by atoms with Crippen molar-refractivity contribution in [2.45, 2.75) is 46.2 Å². The first-order chi connectivity index (χ1) is 8.75. The summed E-state index contributed by atoms with van der Waals surface area (Å²) in [6.45, 7) is -1.87. The summed E-state index contributed by atoms with van der Waals surface area (Å²) in [5.74, 6) is -2.82. The maximum atomic E-state index is 7.93. The van der Waals surface area contributed by atoms with Crippen LogP contribution in [0.2, 0.25) is 0 Å². The Balaban J connectivity index is 3.93. The first kappa shape index (κ1) is 1.31. The average Bonchev–Trinajstić information content (AvgIpc) is 2.23. The Hall–Kier alpha value is 0. The maximum Gasteiger partial charge on any atom is 0.0300 e. The monoisotopic (exact) mass is 138 g/mol. The number of rotatable bonds is 0. The Morgan fingerprint density at radius 3 is 2.67 bits per heavy atom. The van der Waals surface area contributed by atoms with E-state index in [9.17, 15) is 0 Å². The fraction of sp³-hybridized carbons (Fsp3) is 1.00. The van der Waals surface area contributed by atoms with Gasteiger partial charge in [0.15, 0.2) is 0 Å². The van der Waals surface area contributed by atoms with Crippen LogP contribution in [0.3, 0.4) is 0 Å². The van der Waals surface area contributed by atoms with Crippen LogP contribution in [0.1, 0.15) is 62.6 Å². The van der Waals surface area contributed by atoms with Gasteiger partial charge in [0.1, 0.15) is 0 Å². The lowest BCUT2D eigenvalue weighted by Gasteiger charge is -2.32. The van der Waals surface area contributed by atoms with E-state index >= 15 is 0 Å². The molecule has 0 saturated heterocycles. The molecule has 0 heterocycles. The van der Waals surface area contributed by atoms with Crippen LogP contribution in [-0.4, -0.2) is 0 Å². The second-order valence-corrected chi connectivity index (χ2v) is 2.25. The first-order valence-electron chi connectivity index (χ1n) is 8.75. The third-order valence-corrected chi connectivity index (χ3v) is 1.00. The van der Waals surface area contributed by atoms with Gasteiger partial charge in [0.2, 0.25) is 0 Å². The molecule has 0 aromatic carbocycles. The van der Waals surface area contributed by atoms with Crippen LogP contribution < -0.4 is 0 Å². The van der Waals surface area contributed by atoms with Crippen molar-refractivity contribution in [1.82, 2.24) is 0 Å². The van der Waals surface area contributed by atoms with E-state index in [1.165, 1.54) is 0 Å². The molecule has 0 spiro atoms. The smallest absolute Gasteiger partial charge is 0.0300 e. The van der Waals surface area contributed by atoms with Crippen molar-refractivity contribution >= 4 is 0 Å². The molecule has 0 atom stereocenters. The van der Waals surface area contributed by atoms with Crippen LogP contribution in [0.15, 0.2) is 0 Å². The molecule has 0 heteroatoms. The van der Waals surface area contributed by atoms with E-state index in [2.05, 4.69) is 0 Å². The minimum atomic E-state index is -3.31. The molecule has 1 rings (SSSR count). The SMILES string of the molecule is [2H]C([2H])([2H])C1(C)C([2H])([2H])C([2H])([2H])C([2H])(C)C([2H])([2H])C1([2H])[2H]. The molecule has 1 aliphatic carbocycles. The van der Waals surface area contributed by atoms with Crippen LogP contribution >= 0.6 is 0 Å². The summed E-state index contributed by atoms with van der Waals surface area (Å²) >= 11 is 0. The van der Waals surface area contributed by atoms with E-state index in [4.69, 9.17) is 16.4 Å². The Morgan fingerprint density at radius 2 is 2.22 bits per heavy atom. The van der Waals surface area contributed by atoms with Gasteiger partial charge in [-0.25, -0.2) is 0 Å². The Bertz CT molecular complexity index is 412. The normalized spacial score (nSPS) is 96.7. The minimum Gasteiger partial charge on any atom is -0.0625 e. The van der Waals surface area contributed by atoms with Gasteiger partial charge in [0.05, 0.1) is 0 Å². The van der Waals surface area contributed by atoms with Gasteiger partial charge >= 0.3 is 0 Å². The van der Waals surface area contributed by atoms with E-state index in [1.807, 2.05) is 0 Å². The van der Waals surface area contributed by atoms with E-state index in [-0.39, 0.29) is 0 Å². The van der Waals surface area contributed by atoms with Crippen LogP contribution in [0.5, 0.6) is 0 Å². The van der Waals surface area contributed by atoms with Crippen molar-refractivity contribution in [1.29, 1.82) is 0 Å². The summed E-state index contributed by atoms with van der Waals surface area (Å²) in [5, 5.41) is 0. The third kappa shape index (κ3) is 2.00. The summed E-state index contributed by atoms with van der Waals surface area (Å²) < 4.78 is 93.5. The minimum absolute atomic E-state index is 0.685. The molecule has 0 unspecified atom stereocenters. The highest BCUT2D eigenvalue weighted by molar-refractivity contribution is 4.76. The van der Waals surface area contributed by atoms with Crippen LogP contribution in [0, 0.1) is 11.3 Å². The molecule has 9 heavy (non-hydrogen) atoms. The number of hydrogen-bond acceptors (Lipinski definition) is 0. The fourth-order valence-electron chi connectivity index (χ4n) is 0.500. The molecule has 1 aliphatic rings. The van der Waals surface area contributed by atoms with E-state index in [1.54, 1.807) is 0 Å². The van der Waals surface area contributed by atoms with Gasteiger partial charge in [-0.1, -0.05) is 33.4 Å². The van der Waals surface area contributed by atoms with Gasteiger partial charge in [-0.05, 0) is 24.1 Å². The molecule has 0 amide bonds. The van der Waals surface area contributed by atoms with Gasteiger partial charge in [-0.15, -0.1) is 0 Å². The standard InChI is InChI=1S/C9H18/c1-8-4-6-9(2,3)7-5-8/h8H,4-7H2,1-3H3/i2D3,4D2,5D2,6D2,7D2,8D. The highest BCUT2D eigenvalue weighted by Gasteiger charge is 2.23. The van der Waals surface area contributed by atoms with Crippen molar-refractivity contribution in [2.24, 2.45) is 11.3 Å². The average molecular weight is 138 g/mol. The summed E-state index contributed by atoms with van der Waals surface area (Å²) in [7, 11) is 0. The van der Waals surface area contributed by atoms with Crippen LogP contribution in [0.25, 0.3) is 0 Å². The molecule has 0 nitrogen and oxygen atoms in total. The molecular weight excluding hydrogens is 108 g/mol. The lowest BCUT2D eigenvalue weighted by molar-refractivity contribution is 0.201. The van der Waals surface area contributed by atoms with Crippen molar-refractivity contribution in [3.05, 3.63) is 0 Å². The van der Waals surface area contributed by atoms with Crippen molar-refractivity contribution in [3.63, 3.8) is 0 Å². The second kappa shape index (κ2) is 2.32. The Kier molecular flexibility index (Phi) is 0.337. The molecule has 1 fully saturated rings. The summed E-state index contributed by atoms with van der Waals surface area (Å²) in [4.78, 5) is 0. The van der Waals surface area contributed by atoms with Gasteiger partial charge < -0.3 is 0 Å². The molecule has 0 aliphatic heterocycles. The first-order valence-corrected chi connectivity index (χ1v) is 2.75. The third-order valence-electron chi connectivity index (χ3n) is 1.00. The van der Waals surface area contributed by atoms with Crippen molar-refractivity contribution in [3.8, 4) is 0 Å². The predicted molar refractivity (Wildman–Crippen MR) is 41.4 cm³/mol. The molecule has 54 valence electrons. The largest absolute Gasteiger partial charge is 0.0625 e. The second-order valence-electron chi connectivity index (χ2n) is 2.25. The van der Waals surface area contributed by atoms with Crippen LogP contribution in [0.4, 0.5) is 0 Å². The van der Waals surface area contributed by atoms with E-state index in [0.717, 1.165) is 6.92 Å². The molecule has 0 N–H and O–H groups in total. The van der Waals surface area contributed by atoms with Gasteiger partial charge in [0, 0.05) is 16.4 Å². The molecule has 1 saturated carbocycles. The van der Waals surface area contributed by atoms with Gasteiger partial charge in [-0.2, -0.15) is 0 Å². The summed E-state index contributed by atoms with van der Waals surface area (Å²) in [6, 6.07) is 0. The lowest BCUT2D eigenvalue weighted by Crippen LogP contribution is -2.19. The van der Waals surface area contributed by atoms with Gasteiger partial charge in [-0.3, -0.25) is 0 Å². The molecule has 0 radical (unpaired) electrons. The summed E-state index contributed by atoms with van der Waals surface area (Å²) in [6.07, 6.45) is -13.0. The van der Waals surface area contributed by atoms with Crippen molar-refractivity contribution < 1.29 is 16.4 Å². The van der Waals surface area contributed by atoms with Crippen molar-refractivity contribution in [2.75, 3.05) is 0 Å². The molecule has 0 aromatic heterocycles. The molecule has 0 aromatic rings.